The van der Waals surface area contributed by atoms with E-state index in [1.54, 1.807) is 12.1 Å². The number of benzene rings is 2. The topological polar surface area (TPSA) is 37.3 Å². The van der Waals surface area contributed by atoms with Crippen molar-refractivity contribution in [2.24, 2.45) is 0 Å². The molecule has 0 heterocycles. The Kier molecular flexibility index (Phi) is 3.50. The summed E-state index contributed by atoms with van der Waals surface area (Å²) >= 11 is 9.14. The summed E-state index contributed by atoms with van der Waals surface area (Å²) in [5.41, 5.74) is 1.72. The zero-order valence-electron chi connectivity index (χ0n) is 8.65. The van der Waals surface area contributed by atoms with Gasteiger partial charge in [-0.3, -0.25) is 0 Å². The third kappa shape index (κ3) is 2.68. The first-order chi connectivity index (χ1) is 8.08. The van der Waals surface area contributed by atoms with Gasteiger partial charge in [0.15, 0.2) is 0 Å². The Hall–Kier alpha value is -1.32. The Morgan fingerprint density at radius 1 is 1.12 bits per heavy atom. The molecule has 86 valence electrons. The highest BCUT2D eigenvalue weighted by molar-refractivity contribution is 9.10. The number of rotatable bonds is 2. The van der Waals surface area contributed by atoms with Gasteiger partial charge in [0.1, 0.15) is 0 Å². The quantitative estimate of drug-likeness (QED) is 0.888. The lowest BCUT2D eigenvalue weighted by Crippen LogP contribution is -1.99. The molecule has 0 amide bonds. The second-order valence-corrected chi connectivity index (χ2v) is 4.85. The van der Waals surface area contributed by atoms with Crippen LogP contribution in [0.3, 0.4) is 0 Å². The molecule has 0 aliphatic rings. The van der Waals surface area contributed by atoms with Crippen molar-refractivity contribution >= 4 is 33.5 Å². The van der Waals surface area contributed by atoms with Crippen LogP contribution in [-0.4, -0.2) is 11.1 Å². The fourth-order valence-corrected chi connectivity index (χ4v) is 2.01. The number of hydrogen-bond donors (Lipinski definition) is 1. The van der Waals surface area contributed by atoms with Crippen molar-refractivity contribution < 1.29 is 9.90 Å². The van der Waals surface area contributed by atoms with E-state index in [4.69, 9.17) is 16.7 Å². The first kappa shape index (κ1) is 12.1. The molecule has 0 aliphatic carbocycles. The van der Waals surface area contributed by atoms with Gasteiger partial charge in [-0.1, -0.05) is 45.7 Å². The van der Waals surface area contributed by atoms with Crippen LogP contribution < -0.4 is 0 Å². The number of halogens is 2. The van der Waals surface area contributed by atoms with Crippen LogP contribution in [0.1, 0.15) is 10.4 Å². The molecule has 0 unspecified atom stereocenters. The summed E-state index contributed by atoms with van der Waals surface area (Å²) in [7, 11) is 0. The summed E-state index contributed by atoms with van der Waals surface area (Å²) in [6, 6.07) is 12.3. The summed E-state index contributed by atoms with van der Waals surface area (Å²) in [6.07, 6.45) is 0. The van der Waals surface area contributed by atoms with E-state index < -0.39 is 5.97 Å². The molecular weight excluding hydrogens is 303 g/mol. The molecule has 1 N–H and O–H groups in total. The Labute approximate surface area is 112 Å². The first-order valence-electron chi connectivity index (χ1n) is 4.87. The minimum atomic E-state index is -0.981. The minimum Gasteiger partial charge on any atom is -0.478 e. The van der Waals surface area contributed by atoms with Crippen molar-refractivity contribution in [1.82, 2.24) is 0 Å². The van der Waals surface area contributed by atoms with Crippen molar-refractivity contribution in [3.8, 4) is 11.1 Å². The highest BCUT2D eigenvalue weighted by atomic mass is 79.9. The maximum absolute atomic E-state index is 11.1. The van der Waals surface area contributed by atoms with Gasteiger partial charge in [0.05, 0.1) is 5.56 Å². The number of aromatic carboxylic acids is 1. The third-order valence-electron chi connectivity index (χ3n) is 2.37. The maximum Gasteiger partial charge on any atom is 0.336 e. The molecule has 2 aromatic carbocycles. The van der Waals surface area contributed by atoms with Crippen molar-refractivity contribution in [1.29, 1.82) is 0 Å². The van der Waals surface area contributed by atoms with E-state index in [2.05, 4.69) is 15.9 Å². The average molecular weight is 312 g/mol. The molecule has 0 atom stereocenters. The van der Waals surface area contributed by atoms with Crippen LogP contribution in [-0.2, 0) is 0 Å². The normalized spacial score (nSPS) is 10.2. The summed E-state index contributed by atoms with van der Waals surface area (Å²) in [5.74, 6) is -0.981. The molecule has 0 saturated heterocycles. The van der Waals surface area contributed by atoms with Gasteiger partial charge in [-0.05, 0) is 35.4 Å². The van der Waals surface area contributed by atoms with Gasteiger partial charge in [0, 0.05) is 9.50 Å². The van der Waals surface area contributed by atoms with Gasteiger partial charge < -0.3 is 5.11 Å². The first-order valence-corrected chi connectivity index (χ1v) is 6.04. The third-order valence-corrected chi connectivity index (χ3v) is 3.13. The standard InChI is InChI=1S/C13H8BrClO2/c14-9-3-1-8(2-4-9)11-6-5-10(15)7-12(11)13(16)17/h1-7H,(H,16,17). The number of carbonyl (C=O) groups is 1. The summed E-state index contributed by atoms with van der Waals surface area (Å²) in [4.78, 5) is 11.1. The molecule has 0 fully saturated rings. The summed E-state index contributed by atoms with van der Waals surface area (Å²) in [6.45, 7) is 0. The van der Waals surface area contributed by atoms with Crippen LogP contribution in [0.2, 0.25) is 5.02 Å². The van der Waals surface area contributed by atoms with Crippen LogP contribution in [0.15, 0.2) is 46.9 Å². The lowest BCUT2D eigenvalue weighted by Gasteiger charge is -2.07. The lowest BCUT2D eigenvalue weighted by molar-refractivity contribution is 0.0697. The highest BCUT2D eigenvalue weighted by Gasteiger charge is 2.12. The smallest absolute Gasteiger partial charge is 0.336 e. The molecular formula is C13H8BrClO2. The Morgan fingerprint density at radius 2 is 1.76 bits per heavy atom. The van der Waals surface area contributed by atoms with Gasteiger partial charge in [0.25, 0.3) is 0 Å². The second kappa shape index (κ2) is 4.90. The highest BCUT2D eigenvalue weighted by Crippen LogP contribution is 2.27. The Balaban J connectivity index is 2.58. The lowest BCUT2D eigenvalue weighted by atomic mass is 10.00. The van der Waals surface area contributed by atoms with E-state index in [1.807, 2.05) is 24.3 Å². The molecule has 0 bridgehead atoms. The van der Waals surface area contributed by atoms with E-state index in [0.29, 0.717) is 10.6 Å². The van der Waals surface area contributed by atoms with Gasteiger partial charge >= 0.3 is 5.97 Å². The SMILES string of the molecule is O=C(O)c1cc(Cl)ccc1-c1ccc(Br)cc1. The van der Waals surface area contributed by atoms with E-state index in [1.165, 1.54) is 6.07 Å². The van der Waals surface area contributed by atoms with Crippen LogP contribution in [0.5, 0.6) is 0 Å². The van der Waals surface area contributed by atoms with Crippen molar-refractivity contribution in [2.75, 3.05) is 0 Å². The zero-order chi connectivity index (χ0) is 12.4. The van der Waals surface area contributed by atoms with Gasteiger partial charge in [-0.25, -0.2) is 4.79 Å². The molecule has 17 heavy (non-hydrogen) atoms. The molecule has 0 radical (unpaired) electrons. The fraction of sp³-hybridized carbons (Fsp3) is 0. The minimum absolute atomic E-state index is 0.208. The van der Waals surface area contributed by atoms with Gasteiger partial charge in [-0.15, -0.1) is 0 Å². The number of carboxylic acid groups (broad SMARTS) is 1. The van der Waals surface area contributed by atoms with Crippen LogP contribution in [0.4, 0.5) is 0 Å². The van der Waals surface area contributed by atoms with E-state index in [0.717, 1.165) is 10.0 Å². The van der Waals surface area contributed by atoms with Crippen LogP contribution >= 0.6 is 27.5 Å². The van der Waals surface area contributed by atoms with Crippen molar-refractivity contribution in [3.63, 3.8) is 0 Å². The number of carboxylic acids is 1. The molecule has 0 saturated carbocycles. The Bertz CT molecular complexity index is 564. The largest absolute Gasteiger partial charge is 0.478 e. The predicted molar refractivity (Wildman–Crippen MR) is 71.5 cm³/mol. The van der Waals surface area contributed by atoms with E-state index in [-0.39, 0.29) is 5.56 Å². The van der Waals surface area contributed by atoms with Crippen LogP contribution in [0.25, 0.3) is 11.1 Å². The molecule has 0 aromatic heterocycles. The van der Waals surface area contributed by atoms with Crippen LogP contribution in [0, 0.1) is 0 Å². The molecule has 2 nitrogen and oxygen atoms in total. The van der Waals surface area contributed by atoms with Gasteiger partial charge in [-0.2, -0.15) is 0 Å². The van der Waals surface area contributed by atoms with Crippen molar-refractivity contribution in [2.45, 2.75) is 0 Å². The molecule has 0 aliphatic heterocycles. The average Bonchev–Trinajstić information content (AvgIpc) is 2.30. The van der Waals surface area contributed by atoms with Crippen molar-refractivity contribution in [3.05, 3.63) is 57.5 Å². The Morgan fingerprint density at radius 3 is 2.35 bits per heavy atom. The molecule has 4 heteroatoms. The van der Waals surface area contributed by atoms with E-state index >= 15 is 0 Å². The molecule has 2 rings (SSSR count). The second-order valence-electron chi connectivity index (χ2n) is 3.50. The number of hydrogen-bond acceptors (Lipinski definition) is 1. The predicted octanol–water partition coefficient (Wildman–Crippen LogP) is 4.47. The fourth-order valence-electron chi connectivity index (χ4n) is 1.57. The summed E-state index contributed by atoms with van der Waals surface area (Å²) in [5, 5.41) is 9.56. The molecule has 0 spiro atoms. The van der Waals surface area contributed by atoms with Gasteiger partial charge in [0.2, 0.25) is 0 Å². The zero-order valence-corrected chi connectivity index (χ0v) is 11.0. The van der Waals surface area contributed by atoms with E-state index in [9.17, 15) is 4.79 Å². The summed E-state index contributed by atoms with van der Waals surface area (Å²) < 4.78 is 0.951. The monoisotopic (exact) mass is 310 g/mol. The maximum atomic E-state index is 11.1. The molecule has 2 aromatic rings.